The van der Waals surface area contributed by atoms with Gasteiger partial charge in [0.2, 0.25) is 6.10 Å². The molecule has 1 aliphatic rings. The van der Waals surface area contributed by atoms with Gasteiger partial charge in [-0.2, -0.15) is 0 Å². The predicted molar refractivity (Wildman–Crippen MR) is 112 cm³/mol. The molecule has 0 radical (unpaired) electrons. The lowest BCUT2D eigenvalue weighted by Gasteiger charge is -2.18. The molecule has 1 amide bonds. The van der Waals surface area contributed by atoms with Crippen molar-refractivity contribution in [3.8, 4) is 0 Å². The maximum absolute atomic E-state index is 12.8. The van der Waals surface area contributed by atoms with Crippen molar-refractivity contribution in [3.05, 3.63) is 69.3 Å². The summed E-state index contributed by atoms with van der Waals surface area (Å²) in [6.45, 7) is 8.42. The highest BCUT2D eigenvalue weighted by atomic mass is 16.6. The first-order valence-electron chi connectivity index (χ1n) is 9.69. The van der Waals surface area contributed by atoms with E-state index in [1.807, 2.05) is 12.1 Å². The minimum Gasteiger partial charge on any atom is -0.382 e. The first-order chi connectivity index (χ1) is 13.8. The third-order valence-electron chi connectivity index (χ3n) is 5.00. The van der Waals surface area contributed by atoms with Gasteiger partial charge in [-0.15, -0.1) is 0 Å². The Morgan fingerprint density at radius 1 is 1.17 bits per heavy atom. The first kappa shape index (κ1) is 20.5. The van der Waals surface area contributed by atoms with Gasteiger partial charge in [0.1, 0.15) is 0 Å². The Morgan fingerprint density at radius 2 is 1.90 bits per heavy atom. The third kappa shape index (κ3) is 4.45. The number of carbonyl (C=O) groups excluding carboxylic acids is 1. The van der Waals surface area contributed by atoms with Crippen LogP contribution in [0.5, 0.6) is 0 Å². The molecule has 0 aromatic heterocycles. The molecule has 0 aliphatic carbocycles. The number of amides is 1. The number of nitrogens with one attached hydrogen (secondary N) is 1. The molecule has 0 fully saturated rings. The zero-order valence-corrected chi connectivity index (χ0v) is 17.0. The summed E-state index contributed by atoms with van der Waals surface area (Å²) in [6, 6.07) is 12.4. The van der Waals surface area contributed by atoms with E-state index in [0.29, 0.717) is 17.2 Å². The maximum atomic E-state index is 12.8. The molecule has 7 nitrogen and oxygen atoms in total. The number of hydrogen-bond donors (Lipinski definition) is 1. The summed E-state index contributed by atoms with van der Waals surface area (Å²) in [5, 5.41) is 18.1. The quantitative estimate of drug-likeness (QED) is 0.552. The Labute approximate surface area is 169 Å². The third-order valence-corrected chi connectivity index (χ3v) is 5.00. The number of benzene rings is 2. The van der Waals surface area contributed by atoms with Crippen LogP contribution in [-0.2, 0) is 9.63 Å². The summed E-state index contributed by atoms with van der Waals surface area (Å²) < 4.78 is 0. The maximum Gasteiger partial charge on any atom is 0.278 e. The molecule has 1 unspecified atom stereocenters. The van der Waals surface area contributed by atoms with Crippen LogP contribution in [0.25, 0.3) is 0 Å². The second-order valence-electron chi connectivity index (χ2n) is 7.76. The van der Waals surface area contributed by atoms with Gasteiger partial charge in [0.25, 0.3) is 11.6 Å². The van der Waals surface area contributed by atoms with E-state index in [1.165, 1.54) is 11.6 Å². The number of rotatable bonds is 6. The van der Waals surface area contributed by atoms with Gasteiger partial charge in [0.15, 0.2) is 0 Å². The van der Waals surface area contributed by atoms with Gasteiger partial charge in [-0.1, -0.05) is 57.1 Å². The van der Waals surface area contributed by atoms with E-state index in [1.54, 1.807) is 18.2 Å². The van der Waals surface area contributed by atoms with Crippen molar-refractivity contribution in [1.82, 2.24) is 0 Å². The molecule has 29 heavy (non-hydrogen) atoms. The Kier molecular flexibility index (Phi) is 5.96. The molecular weight excluding hydrogens is 370 g/mol. The van der Waals surface area contributed by atoms with E-state index in [-0.39, 0.29) is 23.9 Å². The SMILES string of the molecule is CC(C)c1ccc(NC(=O)C2CC(c3ccccc3[N+](=O)[O-])=NO2)c(C(C)C)c1. The summed E-state index contributed by atoms with van der Waals surface area (Å²) in [5.41, 5.74) is 3.74. The molecule has 1 heterocycles. The molecule has 0 saturated heterocycles. The topological polar surface area (TPSA) is 93.8 Å². The monoisotopic (exact) mass is 395 g/mol. The van der Waals surface area contributed by atoms with Crippen LogP contribution in [0, 0.1) is 10.1 Å². The van der Waals surface area contributed by atoms with E-state index in [4.69, 9.17) is 4.84 Å². The molecule has 0 saturated carbocycles. The fourth-order valence-electron chi connectivity index (χ4n) is 3.30. The lowest BCUT2D eigenvalue weighted by Crippen LogP contribution is -2.28. The molecule has 2 aromatic carbocycles. The summed E-state index contributed by atoms with van der Waals surface area (Å²) in [6.07, 6.45) is -0.646. The predicted octanol–water partition coefficient (Wildman–Crippen LogP) is 4.97. The summed E-state index contributed by atoms with van der Waals surface area (Å²) in [4.78, 5) is 28.8. The van der Waals surface area contributed by atoms with Crippen molar-refractivity contribution >= 4 is 23.0 Å². The zero-order chi connectivity index (χ0) is 21.1. The summed E-state index contributed by atoms with van der Waals surface area (Å²) in [5.74, 6) is 0.321. The van der Waals surface area contributed by atoms with Crippen molar-refractivity contribution in [2.24, 2.45) is 5.16 Å². The molecule has 2 aromatic rings. The largest absolute Gasteiger partial charge is 0.382 e. The zero-order valence-electron chi connectivity index (χ0n) is 17.0. The highest BCUT2D eigenvalue weighted by Gasteiger charge is 2.32. The molecule has 7 heteroatoms. The highest BCUT2D eigenvalue weighted by Crippen LogP contribution is 2.30. The molecule has 0 bridgehead atoms. The van der Waals surface area contributed by atoms with Gasteiger partial charge in [-0.05, 0) is 35.1 Å². The fraction of sp³-hybridized carbons (Fsp3) is 0.364. The summed E-state index contributed by atoms with van der Waals surface area (Å²) in [7, 11) is 0. The number of carbonyl (C=O) groups is 1. The molecule has 152 valence electrons. The van der Waals surface area contributed by atoms with Gasteiger partial charge in [0, 0.05) is 18.2 Å². The number of nitro groups is 1. The average molecular weight is 395 g/mol. The number of para-hydroxylation sites is 1. The van der Waals surface area contributed by atoms with Crippen LogP contribution < -0.4 is 5.32 Å². The van der Waals surface area contributed by atoms with E-state index in [2.05, 4.69) is 44.2 Å². The minimum absolute atomic E-state index is 0.0534. The van der Waals surface area contributed by atoms with E-state index in [9.17, 15) is 14.9 Å². The fourth-order valence-corrected chi connectivity index (χ4v) is 3.30. The smallest absolute Gasteiger partial charge is 0.278 e. The molecular formula is C22H25N3O4. The van der Waals surface area contributed by atoms with Crippen LogP contribution in [-0.4, -0.2) is 22.6 Å². The van der Waals surface area contributed by atoms with Gasteiger partial charge in [-0.25, -0.2) is 0 Å². The van der Waals surface area contributed by atoms with Crippen LogP contribution >= 0.6 is 0 Å². The molecule has 0 spiro atoms. The van der Waals surface area contributed by atoms with Crippen LogP contribution in [0.1, 0.15) is 62.6 Å². The van der Waals surface area contributed by atoms with Crippen molar-refractivity contribution in [2.45, 2.75) is 52.1 Å². The Morgan fingerprint density at radius 3 is 2.55 bits per heavy atom. The van der Waals surface area contributed by atoms with E-state index < -0.39 is 11.0 Å². The lowest BCUT2D eigenvalue weighted by atomic mass is 9.94. The van der Waals surface area contributed by atoms with Crippen LogP contribution in [0.4, 0.5) is 11.4 Å². The van der Waals surface area contributed by atoms with Crippen LogP contribution in [0.3, 0.4) is 0 Å². The second kappa shape index (κ2) is 8.43. The molecule has 1 atom stereocenters. The van der Waals surface area contributed by atoms with Crippen molar-refractivity contribution in [1.29, 1.82) is 0 Å². The van der Waals surface area contributed by atoms with Gasteiger partial charge >= 0.3 is 0 Å². The van der Waals surface area contributed by atoms with Crippen molar-refractivity contribution in [3.63, 3.8) is 0 Å². The first-order valence-corrected chi connectivity index (χ1v) is 9.69. The highest BCUT2D eigenvalue weighted by molar-refractivity contribution is 6.08. The Bertz CT molecular complexity index is 966. The molecule has 3 rings (SSSR count). The van der Waals surface area contributed by atoms with Gasteiger partial charge < -0.3 is 10.2 Å². The standard InChI is InChI=1S/C22H25N3O4/c1-13(2)15-9-10-18(17(11-15)14(3)4)23-22(26)21-12-19(24-29-21)16-7-5-6-8-20(16)25(27)28/h5-11,13-14,21H,12H2,1-4H3,(H,23,26). The lowest BCUT2D eigenvalue weighted by molar-refractivity contribution is -0.385. The number of anilines is 1. The van der Waals surface area contributed by atoms with Crippen molar-refractivity contribution in [2.75, 3.05) is 5.32 Å². The average Bonchev–Trinajstić information content (AvgIpc) is 3.18. The van der Waals surface area contributed by atoms with E-state index in [0.717, 1.165) is 11.3 Å². The Balaban J connectivity index is 1.75. The second-order valence-corrected chi connectivity index (χ2v) is 7.76. The number of nitro benzene ring substituents is 1. The molecule has 1 N–H and O–H groups in total. The normalized spacial score (nSPS) is 15.9. The number of oxime groups is 1. The molecule has 1 aliphatic heterocycles. The van der Waals surface area contributed by atoms with E-state index >= 15 is 0 Å². The van der Waals surface area contributed by atoms with Gasteiger partial charge in [-0.3, -0.25) is 14.9 Å². The van der Waals surface area contributed by atoms with Crippen LogP contribution in [0.15, 0.2) is 47.6 Å². The van der Waals surface area contributed by atoms with Crippen molar-refractivity contribution < 1.29 is 14.6 Å². The van der Waals surface area contributed by atoms with Gasteiger partial charge in [0.05, 0.1) is 16.2 Å². The summed E-state index contributed by atoms with van der Waals surface area (Å²) >= 11 is 0. The number of nitrogens with zero attached hydrogens (tertiary/aromatic N) is 2. The van der Waals surface area contributed by atoms with Crippen LogP contribution in [0.2, 0.25) is 0 Å². The minimum atomic E-state index is -0.824. The Hall–Kier alpha value is -3.22. The number of hydrogen-bond acceptors (Lipinski definition) is 5.